The molecule has 1 aromatic carbocycles. The molecule has 0 saturated heterocycles. The van der Waals surface area contributed by atoms with Crippen molar-refractivity contribution in [1.29, 1.82) is 0 Å². The second-order valence-electron chi connectivity index (χ2n) is 4.82. The van der Waals surface area contributed by atoms with Crippen LogP contribution in [0.3, 0.4) is 0 Å². The van der Waals surface area contributed by atoms with E-state index in [1.807, 2.05) is 54.0 Å². The molecule has 4 aromatic rings. The second kappa shape index (κ2) is 6.06. The number of benzene rings is 1. The maximum absolute atomic E-state index is 5.24. The first-order valence-electron chi connectivity index (χ1n) is 7.04. The Kier molecular flexibility index (Phi) is 3.77. The Morgan fingerprint density at radius 1 is 1.13 bits per heavy atom. The average molecular weight is 339 g/mol. The van der Waals surface area contributed by atoms with Crippen LogP contribution in [0.1, 0.15) is 0 Å². The molecule has 0 unspecified atom stereocenters. The van der Waals surface area contributed by atoms with Gasteiger partial charge in [-0.2, -0.15) is 0 Å². The number of imidazole rings is 1. The Morgan fingerprint density at radius 3 is 2.74 bits per heavy atom. The number of rotatable bonds is 4. The van der Waals surface area contributed by atoms with Gasteiger partial charge in [0.05, 0.1) is 7.11 Å². The molecular weight excluding hydrogens is 326 g/mol. The van der Waals surface area contributed by atoms with Gasteiger partial charge in [0.25, 0.3) is 0 Å². The summed E-state index contributed by atoms with van der Waals surface area (Å²) in [5.74, 6) is 0.841. The van der Waals surface area contributed by atoms with E-state index in [0.29, 0.717) is 0 Å². The summed E-state index contributed by atoms with van der Waals surface area (Å²) in [5, 5.41) is 4.07. The van der Waals surface area contributed by atoms with Gasteiger partial charge in [-0.1, -0.05) is 6.07 Å². The van der Waals surface area contributed by atoms with Crippen molar-refractivity contribution in [1.82, 2.24) is 14.4 Å². The first kappa shape index (κ1) is 14.3. The number of ether oxygens (including phenoxy) is 1. The van der Waals surface area contributed by atoms with Crippen molar-refractivity contribution in [3.63, 3.8) is 0 Å². The van der Waals surface area contributed by atoms with Gasteiger partial charge in [-0.05, 0) is 48.2 Å². The minimum Gasteiger partial charge on any atom is -0.497 e. The highest BCUT2D eigenvalue weighted by molar-refractivity contribution is 7.99. The van der Waals surface area contributed by atoms with Crippen LogP contribution in [0.4, 0.5) is 0 Å². The molecular formula is C17H13N3OS2. The number of nitrogens with zero attached hydrogens (tertiary/aromatic N) is 3. The largest absolute Gasteiger partial charge is 0.497 e. The van der Waals surface area contributed by atoms with Crippen molar-refractivity contribution < 1.29 is 4.74 Å². The molecule has 4 nitrogen and oxygen atoms in total. The Balaban J connectivity index is 1.82. The van der Waals surface area contributed by atoms with Crippen LogP contribution in [0.15, 0.2) is 70.3 Å². The number of fused-ring (bicyclic) bond motifs is 1. The maximum atomic E-state index is 5.24. The second-order valence-corrected chi connectivity index (χ2v) is 6.70. The summed E-state index contributed by atoms with van der Waals surface area (Å²) in [5.41, 5.74) is 2.04. The van der Waals surface area contributed by atoms with Crippen LogP contribution >= 0.6 is 23.1 Å². The van der Waals surface area contributed by atoms with Crippen LogP contribution in [0.25, 0.3) is 16.2 Å². The van der Waals surface area contributed by atoms with E-state index >= 15 is 0 Å². The molecule has 23 heavy (non-hydrogen) atoms. The molecule has 0 fully saturated rings. The van der Waals surface area contributed by atoms with Crippen molar-refractivity contribution in [2.24, 2.45) is 0 Å². The predicted octanol–water partition coefficient (Wildman–Crippen LogP) is 4.62. The summed E-state index contributed by atoms with van der Waals surface area (Å²) in [6.45, 7) is 0. The molecule has 0 amide bonds. The zero-order valence-corrected chi connectivity index (χ0v) is 14.0. The van der Waals surface area contributed by atoms with Crippen molar-refractivity contribution in [2.75, 3.05) is 7.11 Å². The van der Waals surface area contributed by atoms with Crippen LogP contribution in [-0.2, 0) is 0 Å². The lowest BCUT2D eigenvalue weighted by Crippen LogP contribution is -1.87. The monoisotopic (exact) mass is 339 g/mol. The third-order valence-corrected chi connectivity index (χ3v) is 5.21. The van der Waals surface area contributed by atoms with E-state index in [1.54, 1.807) is 36.4 Å². The van der Waals surface area contributed by atoms with Gasteiger partial charge in [-0.15, -0.1) is 11.3 Å². The van der Waals surface area contributed by atoms with Crippen LogP contribution in [0.5, 0.6) is 5.75 Å². The number of methoxy groups -OCH3 is 1. The van der Waals surface area contributed by atoms with Gasteiger partial charge in [0.15, 0.2) is 4.96 Å². The fourth-order valence-corrected chi connectivity index (χ4v) is 4.04. The standard InChI is InChI=1S/C17H13N3OS2/c1-21-13-7-5-12(6-8-13)15-16(20-10-11-22-17(20)19-15)23-14-4-2-3-9-18-14/h2-11H,1H3. The number of thiazole rings is 1. The van der Waals surface area contributed by atoms with E-state index in [0.717, 1.165) is 32.0 Å². The van der Waals surface area contributed by atoms with Gasteiger partial charge >= 0.3 is 0 Å². The lowest BCUT2D eigenvalue weighted by molar-refractivity contribution is 0.415. The van der Waals surface area contributed by atoms with Gasteiger partial charge in [0.2, 0.25) is 0 Å². The van der Waals surface area contributed by atoms with Crippen molar-refractivity contribution in [2.45, 2.75) is 10.1 Å². The first-order chi connectivity index (χ1) is 11.3. The van der Waals surface area contributed by atoms with E-state index < -0.39 is 0 Å². The lowest BCUT2D eigenvalue weighted by Gasteiger charge is -2.05. The molecule has 4 rings (SSSR count). The van der Waals surface area contributed by atoms with Gasteiger partial charge in [-0.3, -0.25) is 4.40 Å². The fraction of sp³-hybridized carbons (Fsp3) is 0.0588. The smallest absolute Gasteiger partial charge is 0.195 e. The number of hydrogen-bond donors (Lipinski definition) is 0. The SMILES string of the molecule is COc1ccc(-c2nc3sccn3c2Sc2ccccn2)cc1. The Morgan fingerprint density at radius 2 is 2.00 bits per heavy atom. The zero-order valence-electron chi connectivity index (χ0n) is 12.3. The van der Waals surface area contributed by atoms with Crippen molar-refractivity contribution in [3.8, 4) is 17.0 Å². The van der Waals surface area contributed by atoms with Crippen LogP contribution in [-0.4, -0.2) is 21.5 Å². The highest BCUT2D eigenvalue weighted by Crippen LogP contribution is 2.37. The van der Waals surface area contributed by atoms with Gasteiger partial charge in [-0.25, -0.2) is 9.97 Å². The molecule has 0 spiro atoms. The summed E-state index contributed by atoms with van der Waals surface area (Å²) in [6.07, 6.45) is 3.85. The molecule has 0 radical (unpaired) electrons. The van der Waals surface area contributed by atoms with Gasteiger partial charge in [0, 0.05) is 23.3 Å². The molecule has 0 aliphatic heterocycles. The molecule has 3 aromatic heterocycles. The molecule has 0 saturated carbocycles. The normalized spacial score (nSPS) is 11.0. The molecule has 0 atom stereocenters. The van der Waals surface area contributed by atoms with E-state index in [2.05, 4.69) is 9.38 Å². The highest BCUT2D eigenvalue weighted by atomic mass is 32.2. The first-order valence-corrected chi connectivity index (χ1v) is 8.73. The molecule has 3 heterocycles. The van der Waals surface area contributed by atoms with Gasteiger partial charge in [0.1, 0.15) is 21.5 Å². The fourth-order valence-electron chi connectivity index (χ4n) is 2.31. The molecule has 114 valence electrons. The lowest BCUT2D eigenvalue weighted by atomic mass is 10.1. The number of aromatic nitrogens is 3. The third-order valence-electron chi connectivity index (χ3n) is 3.42. The van der Waals surface area contributed by atoms with E-state index in [1.165, 1.54) is 0 Å². The summed E-state index contributed by atoms with van der Waals surface area (Å²) in [6, 6.07) is 13.9. The summed E-state index contributed by atoms with van der Waals surface area (Å²) < 4.78 is 7.35. The van der Waals surface area contributed by atoms with Crippen molar-refractivity contribution >= 4 is 28.1 Å². The van der Waals surface area contributed by atoms with E-state index in [-0.39, 0.29) is 0 Å². The molecule has 6 heteroatoms. The summed E-state index contributed by atoms with van der Waals surface area (Å²) in [7, 11) is 1.67. The Labute approximate surface area is 141 Å². The minimum atomic E-state index is 0.841. The zero-order chi connectivity index (χ0) is 15.6. The maximum Gasteiger partial charge on any atom is 0.195 e. The third kappa shape index (κ3) is 2.71. The average Bonchev–Trinajstić information content (AvgIpc) is 3.19. The molecule has 0 aliphatic carbocycles. The minimum absolute atomic E-state index is 0.841. The number of hydrogen-bond acceptors (Lipinski definition) is 5. The van der Waals surface area contributed by atoms with Gasteiger partial charge < -0.3 is 4.74 Å². The molecule has 0 N–H and O–H groups in total. The molecule has 0 aliphatic rings. The number of pyridine rings is 1. The van der Waals surface area contributed by atoms with Crippen LogP contribution in [0.2, 0.25) is 0 Å². The Hall–Kier alpha value is -2.31. The van der Waals surface area contributed by atoms with E-state index in [4.69, 9.17) is 9.72 Å². The van der Waals surface area contributed by atoms with Crippen LogP contribution in [0, 0.1) is 0 Å². The highest BCUT2D eigenvalue weighted by Gasteiger charge is 2.16. The summed E-state index contributed by atoms with van der Waals surface area (Å²) >= 11 is 3.25. The molecule has 0 bridgehead atoms. The van der Waals surface area contributed by atoms with Crippen molar-refractivity contribution in [3.05, 3.63) is 60.2 Å². The van der Waals surface area contributed by atoms with Crippen LogP contribution < -0.4 is 4.74 Å². The topological polar surface area (TPSA) is 39.4 Å². The summed E-state index contributed by atoms with van der Waals surface area (Å²) in [4.78, 5) is 10.2. The van der Waals surface area contributed by atoms with E-state index in [9.17, 15) is 0 Å². The predicted molar refractivity (Wildman–Crippen MR) is 93.4 cm³/mol. The Bertz CT molecular complexity index is 930. The quantitative estimate of drug-likeness (QED) is 0.544.